The number of halogens is 4. The van der Waals surface area contributed by atoms with Crippen LogP contribution in [0.4, 0.5) is 18.9 Å². The number of imidazole rings is 1. The van der Waals surface area contributed by atoms with Crippen molar-refractivity contribution in [3.8, 4) is 0 Å². The van der Waals surface area contributed by atoms with Crippen LogP contribution in [0.5, 0.6) is 0 Å². The number of anilines is 1. The molecule has 0 aliphatic heterocycles. The summed E-state index contributed by atoms with van der Waals surface area (Å²) in [6.45, 7) is -1.28. The van der Waals surface area contributed by atoms with Gasteiger partial charge in [0.25, 0.3) is 11.5 Å². The molecule has 1 aromatic carbocycles. The first kappa shape index (κ1) is 23.1. The summed E-state index contributed by atoms with van der Waals surface area (Å²) in [5, 5.41) is 1.64. The van der Waals surface area contributed by atoms with Gasteiger partial charge in [0.05, 0.1) is 16.9 Å². The molecule has 0 radical (unpaired) electrons. The summed E-state index contributed by atoms with van der Waals surface area (Å²) in [5.74, 6) is -1.80. The van der Waals surface area contributed by atoms with Gasteiger partial charge in [-0.15, -0.1) is 0 Å². The summed E-state index contributed by atoms with van der Waals surface area (Å²) in [5.41, 5.74) is -2.54. The third-order valence-electron chi connectivity index (χ3n) is 4.44. The number of ether oxygens (including phenoxy) is 1. The molecule has 0 aliphatic rings. The van der Waals surface area contributed by atoms with Crippen molar-refractivity contribution in [1.82, 2.24) is 18.7 Å². The Balaban J connectivity index is 1.67. The summed E-state index contributed by atoms with van der Waals surface area (Å²) in [4.78, 5) is 52.3. The molecule has 10 nitrogen and oxygen atoms in total. The minimum atomic E-state index is -4.71. The molecule has 170 valence electrons. The van der Waals surface area contributed by atoms with Crippen molar-refractivity contribution in [2.75, 3.05) is 11.9 Å². The Morgan fingerprint density at radius 1 is 1.19 bits per heavy atom. The lowest BCUT2D eigenvalue weighted by atomic mass is 10.2. The number of nitrogens with zero attached hydrogens (tertiary/aromatic N) is 4. The predicted octanol–water partition coefficient (Wildman–Crippen LogP) is 1.29. The maximum absolute atomic E-state index is 12.9. The summed E-state index contributed by atoms with van der Waals surface area (Å²) in [6, 6.07) is 2.79. The van der Waals surface area contributed by atoms with Crippen LogP contribution in [0.2, 0.25) is 5.02 Å². The van der Waals surface area contributed by atoms with Crippen molar-refractivity contribution >= 4 is 40.3 Å². The number of carbonyl (C=O) groups is 2. The van der Waals surface area contributed by atoms with E-state index in [0.717, 1.165) is 25.8 Å². The van der Waals surface area contributed by atoms with Crippen molar-refractivity contribution in [3.63, 3.8) is 0 Å². The van der Waals surface area contributed by atoms with Crippen molar-refractivity contribution < 1.29 is 27.5 Å². The van der Waals surface area contributed by atoms with Gasteiger partial charge in [0.2, 0.25) is 0 Å². The zero-order valence-electron chi connectivity index (χ0n) is 16.6. The van der Waals surface area contributed by atoms with E-state index < -0.39 is 53.0 Å². The SMILES string of the molecule is Cn1c(=O)c2c(ncn2CC(=O)OCC(=O)Nc2ccc(Cl)c(C(F)(F)F)c2)n(C)c1=O. The van der Waals surface area contributed by atoms with Crippen LogP contribution in [0.25, 0.3) is 11.2 Å². The van der Waals surface area contributed by atoms with Gasteiger partial charge in [-0.2, -0.15) is 13.2 Å². The first-order chi connectivity index (χ1) is 14.9. The Bertz CT molecular complexity index is 1340. The molecule has 0 saturated carbocycles. The first-order valence-corrected chi connectivity index (χ1v) is 9.21. The number of rotatable bonds is 5. The Morgan fingerprint density at radius 2 is 1.88 bits per heavy atom. The van der Waals surface area contributed by atoms with Gasteiger partial charge in [-0.25, -0.2) is 9.78 Å². The van der Waals surface area contributed by atoms with Crippen molar-refractivity contribution in [2.45, 2.75) is 12.7 Å². The molecule has 0 fully saturated rings. The van der Waals surface area contributed by atoms with E-state index >= 15 is 0 Å². The van der Waals surface area contributed by atoms with Crippen molar-refractivity contribution in [2.24, 2.45) is 14.1 Å². The highest BCUT2D eigenvalue weighted by Gasteiger charge is 2.33. The molecular weight excluding hydrogens is 459 g/mol. The van der Waals surface area contributed by atoms with E-state index in [0.29, 0.717) is 6.07 Å². The smallest absolute Gasteiger partial charge is 0.417 e. The molecule has 1 amide bonds. The molecule has 3 rings (SSSR count). The molecule has 2 heterocycles. The van der Waals surface area contributed by atoms with Crippen LogP contribution in [0.3, 0.4) is 0 Å². The van der Waals surface area contributed by atoms with Crippen LogP contribution in [0, 0.1) is 0 Å². The van der Waals surface area contributed by atoms with E-state index in [1.807, 2.05) is 0 Å². The highest BCUT2D eigenvalue weighted by molar-refractivity contribution is 6.31. The van der Waals surface area contributed by atoms with E-state index in [1.165, 1.54) is 20.4 Å². The third-order valence-corrected chi connectivity index (χ3v) is 4.77. The van der Waals surface area contributed by atoms with E-state index in [4.69, 9.17) is 16.3 Å². The zero-order valence-corrected chi connectivity index (χ0v) is 17.3. The molecule has 0 saturated heterocycles. The third kappa shape index (κ3) is 4.51. The molecule has 32 heavy (non-hydrogen) atoms. The Kier molecular flexibility index (Phi) is 6.12. The fourth-order valence-corrected chi connectivity index (χ4v) is 3.09. The number of hydrogen-bond donors (Lipinski definition) is 1. The number of amides is 1. The van der Waals surface area contributed by atoms with Gasteiger partial charge in [0.15, 0.2) is 17.8 Å². The van der Waals surface area contributed by atoms with Crippen LogP contribution >= 0.6 is 11.6 Å². The van der Waals surface area contributed by atoms with Gasteiger partial charge in [-0.05, 0) is 18.2 Å². The van der Waals surface area contributed by atoms with Crippen LogP contribution in [0.15, 0.2) is 34.1 Å². The summed E-state index contributed by atoms with van der Waals surface area (Å²) < 4.78 is 46.6. The second-order valence-electron chi connectivity index (χ2n) is 6.65. The second-order valence-corrected chi connectivity index (χ2v) is 7.06. The van der Waals surface area contributed by atoms with Gasteiger partial charge in [0.1, 0.15) is 6.54 Å². The summed E-state index contributed by atoms with van der Waals surface area (Å²) in [7, 11) is 2.68. The van der Waals surface area contributed by atoms with Gasteiger partial charge in [0, 0.05) is 19.8 Å². The normalized spacial score (nSPS) is 11.6. The average molecular weight is 474 g/mol. The molecule has 0 spiro atoms. The predicted molar refractivity (Wildman–Crippen MR) is 106 cm³/mol. The Hall–Kier alpha value is -3.61. The zero-order chi connectivity index (χ0) is 23.8. The van der Waals surface area contributed by atoms with Gasteiger partial charge in [-0.3, -0.25) is 23.5 Å². The van der Waals surface area contributed by atoms with Crippen LogP contribution in [0.1, 0.15) is 5.56 Å². The highest BCUT2D eigenvalue weighted by Crippen LogP contribution is 2.36. The molecule has 1 N–H and O–H groups in total. The largest absolute Gasteiger partial charge is 0.454 e. The minimum Gasteiger partial charge on any atom is -0.454 e. The van der Waals surface area contributed by atoms with Gasteiger partial charge in [-0.1, -0.05) is 11.6 Å². The minimum absolute atomic E-state index is 0.0168. The molecule has 0 atom stereocenters. The maximum atomic E-state index is 12.9. The van der Waals surface area contributed by atoms with Crippen LogP contribution in [-0.2, 0) is 41.1 Å². The van der Waals surface area contributed by atoms with Crippen molar-refractivity contribution in [1.29, 1.82) is 0 Å². The maximum Gasteiger partial charge on any atom is 0.417 e. The molecule has 0 unspecified atom stereocenters. The monoisotopic (exact) mass is 473 g/mol. The summed E-state index contributed by atoms with van der Waals surface area (Å²) in [6.07, 6.45) is -3.54. The standard InChI is InChI=1S/C18H15ClF3N5O5/c1-25-15-14(16(30)26(2)17(25)31)27(8-23-15)6-13(29)32-7-12(28)24-9-3-4-11(19)10(5-9)18(20,21)22/h3-5,8H,6-7H2,1-2H3,(H,24,28). The molecule has 14 heteroatoms. The molecule has 2 aromatic heterocycles. The lowest BCUT2D eigenvalue weighted by Gasteiger charge is -2.12. The second kappa shape index (κ2) is 8.49. The molecule has 0 aliphatic carbocycles. The first-order valence-electron chi connectivity index (χ1n) is 8.83. The number of carbonyl (C=O) groups excluding carboxylic acids is 2. The van der Waals surface area contributed by atoms with Crippen LogP contribution < -0.4 is 16.6 Å². The van der Waals surface area contributed by atoms with Gasteiger partial charge >= 0.3 is 17.8 Å². The Labute approximate surface area is 181 Å². The molecular formula is C18H15ClF3N5O5. The van der Waals surface area contributed by atoms with E-state index in [1.54, 1.807) is 0 Å². The topological polar surface area (TPSA) is 117 Å². The van der Waals surface area contributed by atoms with E-state index in [-0.39, 0.29) is 16.9 Å². The number of nitrogens with one attached hydrogen (secondary N) is 1. The van der Waals surface area contributed by atoms with Crippen molar-refractivity contribution in [3.05, 3.63) is 56.0 Å². The average Bonchev–Trinajstić information content (AvgIpc) is 3.13. The lowest BCUT2D eigenvalue weighted by Crippen LogP contribution is -2.37. The molecule has 0 bridgehead atoms. The number of aryl methyl sites for hydroxylation is 1. The quantitative estimate of drug-likeness (QED) is 0.558. The lowest BCUT2D eigenvalue weighted by molar-refractivity contribution is -0.147. The number of aromatic nitrogens is 4. The number of fused-ring (bicyclic) bond motifs is 1. The molecule has 3 aromatic rings. The fourth-order valence-electron chi connectivity index (χ4n) is 2.86. The number of benzene rings is 1. The number of hydrogen-bond acceptors (Lipinski definition) is 6. The van der Waals surface area contributed by atoms with E-state index in [2.05, 4.69) is 10.3 Å². The van der Waals surface area contributed by atoms with E-state index in [9.17, 15) is 32.3 Å². The highest BCUT2D eigenvalue weighted by atomic mass is 35.5. The number of alkyl halides is 3. The fraction of sp³-hybridized carbons (Fsp3) is 0.278. The van der Waals surface area contributed by atoms with Crippen LogP contribution in [-0.4, -0.2) is 37.2 Å². The van der Waals surface area contributed by atoms with Gasteiger partial charge < -0.3 is 14.6 Å². The number of esters is 1. The summed E-state index contributed by atoms with van der Waals surface area (Å²) >= 11 is 5.52. The Morgan fingerprint density at radius 3 is 2.53 bits per heavy atom.